The van der Waals surface area contributed by atoms with Gasteiger partial charge in [0.05, 0.1) is 34.2 Å². The largest absolute Gasteiger partial charge is 0.485 e. The number of likely N-dealkylation sites (tertiary alicyclic amines) is 3. The fourth-order valence-corrected chi connectivity index (χ4v) is 13.0. The zero-order chi connectivity index (χ0) is 71.4. The average Bonchev–Trinajstić information content (AvgIpc) is 1.59. The number of carbonyl (C=O) groups excluding carboxylic acids is 3. The Morgan fingerprint density at radius 2 is 0.979 bits per heavy atom. The normalized spacial score (nSPS) is 16.0. The second kappa shape index (κ2) is 34.7. The van der Waals surface area contributed by atoms with E-state index in [9.17, 15) is 33.8 Å². The number of aliphatic hydroxyl groups is 2. The van der Waals surface area contributed by atoms with Crippen LogP contribution >= 0.6 is 22.7 Å². The minimum atomic E-state index is -1.06. The Kier molecular flexibility index (Phi) is 26.6. The van der Waals surface area contributed by atoms with Crippen LogP contribution in [0, 0.1) is 35.5 Å². The third kappa shape index (κ3) is 24.6. The van der Waals surface area contributed by atoms with Crippen LogP contribution in [-0.4, -0.2) is 156 Å². The number of hydrogen-bond donors (Lipinski definition) is 6. The summed E-state index contributed by atoms with van der Waals surface area (Å²) in [5.41, 5.74) is 14.4. The molecule has 97 heavy (non-hydrogen) atoms. The number of aromatic nitrogens is 4. The molecule has 3 amide bonds. The Morgan fingerprint density at radius 1 is 0.588 bits per heavy atom. The minimum Gasteiger partial charge on any atom is -0.485 e. The molecule has 4 aromatic heterocycles. The second-order valence-corrected chi connectivity index (χ2v) is 29.5. The molecule has 0 unspecified atom stereocenters. The molecule has 10 rings (SSSR count). The SMILES string of the molecule is CC(C)(C)OC(=O)N1CCC(C(=O)O)CC1.CC(C)(O)C#Cc1cccc(COc2cc(-c3cnc(C4CCN(C(=O)C5CCN(C(=O)OC(C)(C)C)CC5)CC4)s3)cnc2N)c1.CC(C)(O)C#Cc1cccc(COc2cc(-c3cnc(C4CCNCC4)s3)cnc2N)c1.[2H]CF. The van der Waals surface area contributed by atoms with E-state index in [0.717, 1.165) is 86.9 Å². The molecule has 0 radical (unpaired) electrons. The molecule has 8 N–H and O–H groups in total. The standard InChI is InChI=1S/C36H45N5O5S.C25H28N4O2S.C11H19NO4.CH3F/c1-35(2,3)46-34(43)41-17-12-27(13-18-41)33(42)40-15-10-26(11-16-40)32-39-22-30(47-32)28-20-29(31(37)38-21-28)45-23-25-8-6-7-24(19-25)9-14-36(4,5)44;1-25(2,30)9-6-17-4-3-5-18(12-17)16-31-21-13-20(14-28-23(21)26)22-15-29-24(32-22)19-7-10-27-11-8-19;1-11(2,3)16-10(15)12-6-4-8(5-7-12)9(13)14;1-2/h6-8,19-22,26-27,44H,10-13,15-18,23H2,1-5H3,(H2,37,38);3-5,12-15,19,27,30H,7-8,10-11,16H2,1-2H3,(H2,26,28);8H,4-7H2,1-3H3,(H,13,14);1H3/i;;;1D. The molecule has 0 aliphatic carbocycles. The van der Waals surface area contributed by atoms with Crippen molar-refractivity contribution < 1.29 is 59.2 Å². The Hall–Kier alpha value is -8.39. The van der Waals surface area contributed by atoms with Gasteiger partial charge in [-0.2, -0.15) is 0 Å². The van der Waals surface area contributed by atoms with E-state index < -0.39 is 35.5 Å². The summed E-state index contributed by atoms with van der Waals surface area (Å²) in [4.78, 5) is 73.5. The van der Waals surface area contributed by atoms with Crippen LogP contribution in [-0.2, 0) is 32.3 Å². The van der Waals surface area contributed by atoms with Gasteiger partial charge in [-0.15, -0.1) is 22.7 Å². The number of nitrogens with two attached hydrogens (primary N) is 2. The van der Waals surface area contributed by atoms with Crippen molar-refractivity contribution in [3.63, 3.8) is 0 Å². The van der Waals surface area contributed by atoms with Crippen LogP contribution in [0.5, 0.6) is 11.5 Å². The van der Waals surface area contributed by atoms with E-state index in [-0.39, 0.29) is 35.8 Å². The van der Waals surface area contributed by atoms with Gasteiger partial charge in [-0.05, 0) is 181 Å². The van der Waals surface area contributed by atoms with Gasteiger partial charge in [0.15, 0.2) is 23.1 Å². The number of nitrogens with one attached hydrogen (secondary N) is 1. The van der Waals surface area contributed by atoms with E-state index >= 15 is 0 Å². The van der Waals surface area contributed by atoms with Crippen LogP contribution in [0.15, 0.2) is 85.5 Å². The maximum atomic E-state index is 13.3. The van der Waals surface area contributed by atoms with Crippen molar-refractivity contribution in [2.24, 2.45) is 11.8 Å². The summed E-state index contributed by atoms with van der Waals surface area (Å²) in [6, 6.07) is 19.2. The minimum absolute atomic E-state index is 0.0533. The number of thiazole rings is 2. The molecule has 24 heteroatoms. The third-order valence-corrected chi connectivity index (χ3v) is 18.3. The molecular weight excluding hydrogens is 1280 g/mol. The van der Waals surface area contributed by atoms with Gasteiger partial charge < -0.3 is 65.8 Å². The predicted octanol–water partition coefficient (Wildman–Crippen LogP) is 12.1. The third-order valence-electron chi connectivity index (χ3n) is 15.9. The highest BCUT2D eigenvalue weighted by molar-refractivity contribution is 7.15. The van der Waals surface area contributed by atoms with Gasteiger partial charge >= 0.3 is 18.2 Å². The Morgan fingerprint density at radius 3 is 1.37 bits per heavy atom. The number of nitrogens with zero attached hydrogens (tertiary/aromatic N) is 7. The molecule has 522 valence electrons. The van der Waals surface area contributed by atoms with E-state index in [1.165, 1.54) is 5.01 Å². The first-order valence-corrected chi connectivity index (χ1v) is 34.4. The highest BCUT2D eigenvalue weighted by Gasteiger charge is 2.35. The Balaban J connectivity index is 0.000000227. The zero-order valence-electron chi connectivity index (χ0n) is 58.4. The van der Waals surface area contributed by atoms with Crippen molar-refractivity contribution in [1.82, 2.24) is 40.0 Å². The topological polar surface area (TPSA) is 291 Å². The molecule has 4 aliphatic rings. The molecule has 8 heterocycles. The van der Waals surface area contributed by atoms with Gasteiger partial charge in [-0.1, -0.05) is 47.9 Å². The number of carboxylic acids is 1. The van der Waals surface area contributed by atoms with Crippen molar-refractivity contribution in [3.05, 3.63) is 118 Å². The number of ether oxygens (including phenoxy) is 4. The molecule has 0 saturated carbocycles. The lowest BCUT2D eigenvalue weighted by Gasteiger charge is -2.37. The lowest BCUT2D eigenvalue weighted by molar-refractivity contribution is -0.143. The average molecular weight is 1370 g/mol. The number of carboxylic acid groups (broad SMARTS) is 1. The number of anilines is 2. The van der Waals surface area contributed by atoms with E-state index in [4.69, 9.17) is 41.9 Å². The van der Waals surface area contributed by atoms with Crippen molar-refractivity contribution in [3.8, 4) is 56.1 Å². The van der Waals surface area contributed by atoms with E-state index in [0.29, 0.717) is 107 Å². The Bertz CT molecular complexity index is 3750. The summed E-state index contributed by atoms with van der Waals surface area (Å²) >= 11 is 3.36. The first-order valence-electron chi connectivity index (χ1n) is 33.4. The van der Waals surface area contributed by atoms with Crippen LogP contribution in [0.25, 0.3) is 20.9 Å². The highest BCUT2D eigenvalue weighted by Crippen LogP contribution is 2.39. The number of benzene rings is 2. The van der Waals surface area contributed by atoms with Crippen molar-refractivity contribution >= 4 is 58.4 Å². The lowest BCUT2D eigenvalue weighted by atomic mass is 9.92. The molecule has 0 atom stereocenters. The van der Waals surface area contributed by atoms with E-state index in [1.807, 2.05) is 119 Å². The highest BCUT2D eigenvalue weighted by atomic mass is 32.1. The summed E-state index contributed by atoms with van der Waals surface area (Å²) in [5.74, 6) is 13.2. The molecule has 6 aromatic rings. The number of halogens is 1. The number of aliphatic carboxylic acids is 1. The first kappa shape index (κ1) is 74.4. The summed E-state index contributed by atoms with van der Waals surface area (Å²) in [7, 11) is -1.00. The molecule has 4 aliphatic heterocycles. The lowest BCUT2D eigenvalue weighted by Crippen LogP contribution is -2.47. The van der Waals surface area contributed by atoms with Gasteiger partial charge in [0, 0.05) is 104 Å². The molecule has 0 bridgehead atoms. The number of alkyl halides is 1. The van der Waals surface area contributed by atoms with Crippen LogP contribution < -0.4 is 26.3 Å². The maximum Gasteiger partial charge on any atom is 0.410 e. The number of rotatable bonds is 12. The summed E-state index contributed by atoms with van der Waals surface area (Å²) < 4.78 is 38.3. The molecular formula is C73H95FN10O11S2. The molecule has 2 aromatic carbocycles. The number of carbonyl (C=O) groups is 4. The van der Waals surface area contributed by atoms with Gasteiger partial charge in [0.25, 0.3) is 0 Å². The number of piperidine rings is 4. The first-order chi connectivity index (χ1) is 46.3. The van der Waals surface area contributed by atoms with E-state index in [1.54, 1.807) is 72.6 Å². The van der Waals surface area contributed by atoms with Gasteiger partial charge in [-0.25, -0.2) is 29.5 Å². The van der Waals surface area contributed by atoms with Gasteiger partial charge in [0.1, 0.15) is 35.6 Å². The van der Waals surface area contributed by atoms with Crippen molar-refractivity contribution in [2.45, 2.75) is 168 Å². The number of amides is 3. The fraction of sp³-hybridized carbons (Fsp3) is 0.507. The molecule has 21 nitrogen and oxygen atoms in total. The second-order valence-electron chi connectivity index (χ2n) is 27.4. The fourth-order valence-electron chi connectivity index (χ4n) is 10.8. The van der Waals surface area contributed by atoms with Crippen LogP contribution in [0.3, 0.4) is 0 Å². The van der Waals surface area contributed by atoms with Crippen LogP contribution in [0.1, 0.15) is 166 Å². The van der Waals surface area contributed by atoms with Crippen LogP contribution in [0.4, 0.5) is 25.6 Å². The van der Waals surface area contributed by atoms with E-state index in [2.05, 4.69) is 44.0 Å². The smallest absolute Gasteiger partial charge is 0.410 e. The summed E-state index contributed by atoms with van der Waals surface area (Å²) in [5, 5.41) is 34.2. The monoisotopic (exact) mass is 1370 g/mol. The quantitative estimate of drug-likeness (QED) is 0.0621. The number of hydrogen-bond acceptors (Lipinski definition) is 19. The van der Waals surface area contributed by atoms with Gasteiger partial charge in [-0.3, -0.25) is 14.0 Å². The molecule has 4 saturated heterocycles. The summed E-state index contributed by atoms with van der Waals surface area (Å²) in [6.07, 6.45) is 13.0. The van der Waals surface area contributed by atoms with Gasteiger partial charge in [0.2, 0.25) is 5.91 Å². The number of pyridine rings is 2. The van der Waals surface area contributed by atoms with Crippen LogP contribution in [0.2, 0.25) is 0 Å². The van der Waals surface area contributed by atoms with Crippen molar-refractivity contribution in [1.29, 1.82) is 0 Å². The maximum absolute atomic E-state index is 13.3. The Labute approximate surface area is 579 Å². The number of nitrogen functional groups attached to an aromatic ring is 2. The summed E-state index contributed by atoms with van der Waals surface area (Å²) in [6.45, 7) is 23.8. The molecule has 0 spiro atoms. The predicted molar refractivity (Wildman–Crippen MR) is 377 cm³/mol. The molecule has 4 fully saturated rings. The zero-order valence-corrected chi connectivity index (χ0v) is 59.0. The van der Waals surface area contributed by atoms with Crippen molar-refractivity contribution in [2.75, 3.05) is 71.0 Å².